The van der Waals surface area contributed by atoms with Crippen LogP contribution in [0.25, 0.3) is 10.8 Å². The van der Waals surface area contributed by atoms with Crippen LogP contribution >= 0.6 is 0 Å². The number of hydrazone groups is 1. The molecular weight excluding hydrogens is 801 g/mol. The highest BCUT2D eigenvalue weighted by atomic mass is 16.7. The molecule has 0 aliphatic carbocycles. The number of ether oxygens (including phenoxy) is 4. The van der Waals surface area contributed by atoms with E-state index in [1.165, 1.54) is 59.4 Å². The summed E-state index contributed by atoms with van der Waals surface area (Å²) in [5, 5.41) is 67.3. The summed E-state index contributed by atoms with van der Waals surface area (Å²) < 4.78 is 23.7. The highest BCUT2D eigenvalue weighted by molar-refractivity contribution is 6.23. The maximum absolute atomic E-state index is 14.5. The fraction of sp³-hybridized carbons (Fsp3) is 0.565. The summed E-state index contributed by atoms with van der Waals surface area (Å²) in [5.74, 6) is -7.85. The van der Waals surface area contributed by atoms with Crippen molar-refractivity contribution >= 4 is 40.3 Å². The third kappa shape index (κ3) is 9.73. The number of nitrogens with one attached hydrogen (secondary N) is 1. The van der Waals surface area contributed by atoms with E-state index in [0.29, 0.717) is 19.0 Å². The fourth-order valence-corrected chi connectivity index (χ4v) is 8.56. The summed E-state index contributed by atoms with van der Waals surface area (Å²) in [6, 6.07) is 0. The standard InChI is InChI=1S/C46H64N4O12/c1-23(2)22-49-16-18-50(19-17-49)47-21-31-36-41(56)34-33(40(31)55)35-43(29(8)39(34)54)62-46(10,44(35)57)60-20-15-32(59-11)26(5)42(61-30(9)51)28(7)38(53)27(6)37(52)24(3)13-12-14-25(4)45(58)48-36/h12-15,20-21,23-24,26-28,32,37-38,42,52-56H,16-19,22H2,1-11H3,(H,48,58)/b13-12-,20-15-,25-14-,47-21?/t24-,26+,27-,28-,32+,37-,38-,42-,46-/m0/s1. The number of benzene rings is 2. The Morgan fingerprint density at radius 3 is 2.24 bits per heavy atom. The second-order valence-electron chi connectivity index (χ2n) is 17.5. The van der Waals surface area contributed by atoms with Gasteiger partial charge in [-0.1, -0.05) is 59.8 Å². The number of aromatic hydroxyl groups is 3. The molecular formula is C46H64N4O12. The Labute approximate surface area is 363 Å². The second kappa shape index (κ2) is 19.5. The molecule has 16 heteroatoms. The number of carbonyl (C=O) groups is 3. The summed E-state index contributed by atoms with van der Waals surface area (Å²) in [6.45, 7) is 20.4. The number of amides is 1. The number of fused-ring (bicyclic) bond motifs is 14. The molecule has 4 aliphatic rings. The van der Waals surface area contributed by atoms with Crippen LogP contribution in [0.1, 0.15) is 83.8 Å². The van der Waals surface area contributed by atoms with Crippen molar-refractivity contribution in [1.82, 2.24) is 9.91 Å². The number of methoxy groups -OCH3 is 1. The first-order chi connectivity index (χ1) is 29.1. The third-order valence-electron chi connectivity index (χ3n) is 12.4. The van der Waals surface area contributed by atoms with Crippen LogP contribution in [0.15, 0.2) is 41.2 Å². The number of carbonyl (C=O) groups excluding carboxylic acids is 3. The van der Waals surface area contributed by atoms with Crippen molar-refractivity contribution in [3.05, 3.63) is 52.8 Å². The summed E-state index contributed by atoms with van der Waals surface area (Å²) >= 11 is 0. The highest BCUT2D eigenvalue weighted by Gasteiger charge is 2.50. The number of Topliss-reactive ketones (excluding diaryl/α,β-unsaturated/α-hetero) is 1. The van der Waals surface area contributed by atoms with Gasteiger partial charge in [0.05, 0.1) is 53.0 Å². The Hall–Kier alpha value is -5.16. The van der Waals surface area contributed by atoms with Gasteiger partial charge in [0.15, 0.2) is 5.75 Å². The number of hydrogen-bond acceptors (Lipinski definition) is 15. The number of nitrogens with zero attached hydrogens (tertiary/aromatic N) is 3. The Balaban J connectivity index is 1.68. The summed E-state index contributed by atoms with van der Waals surface area (Å²) in [6.07, 6.45) is 4.90. The summed E-state index contributed by atoms with van der Waals surface area (Å²) in [4.78, 5) is 43.0. The van der Waals surface area contributed by atoms with Crippen LogP contribution in [0.2, 0.25) is 0 Å². The maximum Gasteiger partial charge on any atom is 0.312 e. The van der Waals surface area contributed by atoms with E-state index in [4.69, 9.17) is 18.9 Å². The van der Waals surface area contributed by atoms with E-state index >= 15 is 0 Å². The molecule has 6 rings (SSSR count). The molecule has 5 bridgehead atoms. The molecule has 4 aliphatic heterocycles. The molecule has 0 unspecified atom stereocenters. The Kier molecular flexibility index (Phi) is 15.0. The van der Waals surface area contributed by atoms with Gasteiger partial charge >= 0.3 is 11.8 Å². The van der Waals surface area contributed by atoms with E-state index in [-0.39, 0.29) is 44.5 Å². The minimum atomic E-state index is -2.05. The lowest BCUT2D eigenvalue weighted by molar-refractivity contribution is -0.160. The lowest BCUT2D eigenvalue weighted by Gasteiger charge is -2.38. The van der Waals surface area contributed by atoms with Gasteiger partial charge in [-0.25, -0.2) is 0 Å². The molecule has 6 N–H and O–H groups in total. The lowest BCUT2D eigenvalue weighted by atomic mass is 9.78. The van der Waals surface area contributed by atoms with Crippen LogP contribution in [0.3, 0.4) is 0 Å². The molecule has 0 saturated carbocycles. The summed E-state index contributed by atoms with van der Waals surface area (Å²) in [7, 11) is 1.44. The van der Waals surface area contributed by atoms with Crippen LogP contribution < -0.4 is 10.1 Å². The predicted octanol–water partition coefficient (Wildman–Crippen LogP) is 5.36. The van der Waals surface area contributed by atoms with E-state index in [0.717, 1.165) is 19.6 Å². The first-order valence-electron chi connectivity index (χ1n) is 21.2. The molecule has 1 fully saturated rings. The molecule has 16 nitrogen and oxygen atoms in total. The largest absolute Gasteiger partial charge is 0.507 e. The van der Waals surface area contributed by atoms with Gasteiger partial charge in [0, 0.05) is 93.9 Å². The van der Waals surface area contributed by atoms with Gasteiger partial charge in [-0.3, -0.25) is 24.3 Å². The van der Waals surface area contributed by atoms with E-state index in [1.807, 2.05) is 0 Å². The summed E-state index contributed by atoms with van der Waals surface area (Å²) in [5.41, 5.74) is -0.335. The van der Waals surface area contributed by atoms with Crippen molar-refractivity contribution in [2.75, 3.05) is 45.2 Å². The zero-order valence-corrected chi connectivity index (χ0v) is 37.6. The molecule has 0 radical (unpaired) electrons. The van der Waals surface area contributed by atoms with Crippen molar-refractivity contribution in [3.8, 4) is 23.0 Å². The van der Waals surface area contributed by atoms with Crippen LogP contribution in [0.4, 0.5) is 5.69 Å². The molecule has 340 valence electrons. The van der Waals surface area contributed by atoms with Gasteiger partial charge in [-0.05, 0) is 25.8 Å². The number of piperazine rings is 1. The number of aliphatic hydroxyl groups is 2. The van der Waals surface area contributed by atoms with Crippen molar-refractivity contribution in [2.24, 2.45) is 34.7 Å². The maximum atomic E-state index is 14.5. The Morgan fingerprint density at radius 2 is 1.63 bits per heavy atom. The monoisotopic (exact) mass is 864 g/mol. The van der Waals surface area contributed by atoms with Crippen molar-refractivity contribution in [3.63, 3.8) is 0 Å². The number of esters is 1. The van der Waals surface area contributed by atoms with Crippen molar-refractivity contribution in [1.29, 1.82) is 0 Å². The van der Waals surface area contributed by atoms with Crippen LogP contribution in [0.5, 0.6) is 23.0 Å². The first-order valence-corrected chi connectivity index (χ1v) is 21.2. The highest BCUT2D eigenvalue weighted by Crippen LogP contribution is 2.55. The number of phenols is 3. The third-order valence-corrected chi connectivity index (χ3v) is 12.4. The van der Waals surface area contributed by atoms with Crippen LogP contribution in [0, 0.1) is 36.5 Å². The molecule has 9 atom stereocenters. The average Bonchev–Trinajstić information content (AvgIpc) is 3.49. The van der Waals surface area contributed by atoms with E-state index in [2.05, 4.69) is 29.2 Å². The average molecular weight is 865 g/mol. The number of rotatable bonds is 6. The smallest absolute Gasteiger partial charge is 0.312 e. The minimum Gasteiger partial charge on any atom is -0.507 e. The van der Waals surface area contributed by atoms with Gasteiger partial charge < -0.3 is 49.8 Å². The van der Waals surface area contributed by atoms with Gasteiger partial charge in [-0.2, -0.15) is 5.10 Å². The Morgan fingerprint density at radius 1 is 0.968 bits per heavy atom. The number of ketones is 1. The second-order valence-corrected chi connectivity index (χ2v) is 17.5. The fourth-order valence-electron chi connectivity index (χ4n) is 8.56. The zero-order valence-electron chi connectivity index (χ0n) is 37.6. The van der Waals surface area contributed by atoms with E-state index in [9.17, 15) is 39.9 Å². The number of anilines is 1. The van der Waals surface area contributed by atoms with Crippen LogP contribution in [-0.4, -0.2) is 129 Å². The van der Waals surface area contributed by atoms with E-state index in [1.54, 1.807) is 44.9 Å². The van der Waals surface area contributed by atoms with E-state index < -0.39 is 88.8 Å². The molecule has 1 saturated heterocycles. The number of hydrogen-bond donors (Lipinski definition) is 6. The topological polar surface area (TPSA) is 220 Å². The molecule has 0 spiro atoms. The SMILES string of the molecule is CO[C@@H]1/C=C\O[C@@]2(C)Oc3c(C)c(O)c4c(O)c(c(C=NN5CCN(CC(C)C)CC5)c(O)c4c3C2=O)NC(=O)/C(C)=C\C=C/[C@H](C)[C@H](O)[C@H](C)[C@H](O)[C@H](C)[C@@H](OC(C)=O)[C@@H]1C. The van der Waals surface area contributed by atoms with Gasteiger partial charge in [0.25, 0.3) is 11.7 Å². The first kappa shape index (κ1) is 47.9. The molecule has 1 amide bonds. The quantitative estimate of drug-likeness (QED) is 0.0933. The van der Waals surface area contributed by atoms with Gasteiger partial charge in [0.2, 0.25) is 0 Å². The van der Waals surface area contributed by atoms with Crippen molar-refractivity contribution < 1.29 is 58.9 Å². The predicted molar refractivity (Wildman–Crippen MR) is 234 cm³/mol. The normalized spacial score (nSPS) is 31.2. The van der Waals surface area contributed by atoms with Crippen molar-refractivity contribution in [2.45, 2.75) is 99.4 Å². The molecule has 2 aromatic rings. The van der Waals surface area contributed by atoms with Gasteiger partial charge in [-0.15, -0.1) is 0 Å². The number of phenolic OH excluding ortho intramolecular Hbond substituents is 3. The number of allylic oxidation sites excluding steroid dienone is 2. The number of aliphatic hydroxyl groups excluding tert-OH is 2. The Bertz CT molecular complexity index is 2140. The molecule has 2 aromatic carbocycles. The molecule has 62 heavy (non-hydrogen) atoms. The zero-order chi connectivity index (χ0) is 46.0. The van der Waals surface area contributed by atoms with Gasteiger partial charge in [0.1, 0.15) is 23.4 Å². The minimum absolute atomic E-state index is 0.0576. The van der Waals surface area contributed by atoms with Crippen LogP contribution in [-0.2, 0) is 23.8 Å². The lowest BCUT2D eigenvalue weighted by Crippen LogP contribution is -2.46. The molecule has 4 heterocycles. The molecule has 0 aromatic heterocycles.